The standard InChI is InChI=1S/C24H27F3N4O3/c1-13-8-14(2)30(15(3)9-13)23(32)18-12-22-28-17(11-21(24(25,26)27)31(22)29-18)16-6-7-19(33-4)20(10-16)34-5/h6-7,10-15H,8-9H2,1-5H3. The Morgan fingerprint density at radius 2 is 1.65 bits per heavy atom. The van der Waals surface area contributed by atoms with Gasteiger partial charge in [0, 0.05) is 23.7 Å². The van der Waals surface area contributed by atoms with E-state index < -0.39 is 17.8 Å². The zero-order valence-corrected chi connectivity index (χ0v) is 19.7. The van der Waals surface area contributed by atoms with Crippen LogP contribution >= 0.6 is 0 Å². The minimum absolute atomic E-state index is 0.0339. The summed E-state index contributed by atoms with van der Waals surface area (Å²) in [5.74, 6) is 0.887. The highest BCUT2D eigenvalue weighted by Gasteiger charge is 2.37. The maximum Gasteiger partial charge on any atom is 0.433 e. The van der Waals surface area contributed by atoms with Gasteiger partial charge in [-0.15, -0.1) is 0 Å². The molecule has 182 valence electrons. The Balaban J connectivity index is 1.81. The number of alkyl halides is 3. The highest BCUT2D eigenvalue weighted by Crippen LogP contribution is 2.36. The van der Waals surface area contributed by atoms with Crippen LogP contribution in [0.15, 0.2) is 30.3 Å². The molecule has 0 radical (unpaired) electrons. The lowest BCUT2D eigenvalue weighted by molar-refractivity contribution is -0.142. The van der Waals surface area contributed by atoms with Crippen molar-refractivity contribution in [2.45, 2.75) is 51.9 Å². The molecule has 2 atom stereocenters. The molecule has 10 heteroatoms. The Morgan fingerprint density at radius 1 is 1.00 bits per heavy atom. The van der Waals surface area contributed by atoms with Crippen molar-refractivity contribution in [2.24, 2.45) is 5.92 Å². The highest BCUT2D eigenvalue weighted by atomic mass is 19.4. The summed E-state index contributed by atoms with van der Waals surface area (Å²) in [6.07, 6.45) is -3.04. The number of methoxy groups -OCH3 is 2. The van der Waals surface area contributed by atoms with Crippen molar-refractivity contribution < 1.29 is 27.4 Å². The number of hydrogen-bond acceptors (Lipinski definition) is 5. The van der Waals surface area contributed by atoms with Gasteiger partial charge >= 0.3 is 6.18 Å². The molecule has 3 aromatic rings. The van der Waals surface area contributed by atoms with Crippen molar-refractivity contribution in [3.8, 4) is 22.8 Å². The quantitative estimate of drug-likeness (QED) is 0.525. The number of likely N-dealkylation sites (tertiary alicyclic amines) is 1. The minimum Gasteiger partial charge on any atom is -0.493 e. The zero-order chi connectivity index (χ0) is 24.8. The Morgan fingerprint density at radius 3 is 2.24 bits per heavy atom. The average molecular weight is 476 g/mol. The summed E-state index contributed by atoms with van der Waals surface area (Å²) in [5, 5.41) is 4.04. The first kappa shape index (κ1) is 23.8. The van der Waals surface area contributed by atoms with Crippen LogP contribution in [0.1, 0.15) is 49.8 Å². The van der Waals surface area contributed by atoms with Crippen LogP contribution in [-0.4, -0.2) is 51.7 Å². The second-order valence-corrected chi connectivity index (χ2v) is 8.88. The number of carbonyl (C=O) groups excluding carboxylic acids is 1. The number of ether oxygens (including phenoxy) is 2. The van der Waals surface area contributed by atoms with Gasteiger partial charge in [0.05, 0.1) is 19.9 Å². The van der Waals surface area contributed by atoms with Crippen LogP contribution in [-0.2, 0) is 6.18 Å². The topological polar surface area (TPSA) is 69.0 Å². The van der Waals surface area contributed by atoms with Gasteiger partial charge in [-0.2, -0.15) is 18.3 Å². The van der Waals surface area contributed by atoms with Crippen molar-refractivity contribution >= 4 is 11.6 Å². The van der Waals surface area contributed by atoms with Gasteiger partial charge in [0.25, 0.3) is 5.91 Å². The lowest BCUT2D eigenvalue weighted by atomic mass is 9.88. The van der Waals surface area contributed by atoms with Gasteiger partial charge in [0.2, 0.25) is 0 Å². The lowest BCUT2D eigenvalue weighted by Crippen LogP contribution is -2.49. The summed E-state index contributed by atoms with van der Waals surface area (Å²) in [6, 6.07) is 6.92. The molecule has 34 heavy (non-hydrogen) atoms. The Bertz CT molecular complexity index is 1210. The van der Waals surface area contributed by atoms with E-state index in [0.717, 1.165) is 18.9 Å². The van der Waals surface area contributed by atoms with Gasteiger partial charge < -0.3 is 14.4 Å². The number of hydrogen-bond donors (Lipinski definition) is 0. The predicted molar refractivity (Wildman–Crippen MR) is 120 cm³/mol. The third-order valence-corrected chi connectivity index (χ3v) is 6.29. The summed E-state index contributed by atoms with van der Waals surface area (Å²) in [7, 11) is 2.91. The molecule has 1 fully saturated rings. The molecule has 1 aliphatic heterocycles. The molecule has 1 aliphatic rings. The summed E-state index contributed by atoms with van der Waals surface area (Å²) < 4.78 is 53.1. The minimum atomic E-state index is -4.71. The molecule has 2 unspecified atom stereocenters. The maximum absolute atomic E-state index is 14.0. The van der Waals surface area contributed by atoms with Crippen LogP contribution in [0.3, 0.4) is 0 Å². The van der Waals surface area contributed by atoms with Crippen LogP contribution in [0.2, 0.25) is 0 Å². The number of fused-ring (bicyclic) bond motifs is 1. The number of nitrogens with zero attached hydrogens (tertiary/aromatic N) is 4. The normalized spacial score (nSPS) is 21.1. The number of carbonyl (C=O) groups is 1. The fourth-order valence-corrected chi connectivity index (χ4v) is 4.88. The summed E-state index contributed by atoms with van der Waals surface area (Å²) >= 11 is 0. The predicted octanol–water partition coefficient (Wildman–Crippen LogP) is 5.08. The maximum atomic E-state index is 14.0. The molecule has 0 aliphatic carbocycles. The molecule has 1 amide bonds. The molecule has 0 N–H and O–H groups in total. The molecular formula is C24H27F3N4O3. The third kappa shape index (κ3) is 4.28. The molecule has 1 aromatic carbocycles. The lowest BCUT2D eigenvalue weighted by Gasteiger charge is -2.41. The van der Waals surface area contributed by atoms with E-state index in [1.54, 1.807) is 23.1 Å². The average Bonchev–Trinajstić information content (AvgIpc) is 3.20. The van der Waals surface area contributed by atoms with E-state index in [-0.39, 0.29) is 29.1 Å². The van der Waals surface area contributed by atoms with Crippen LogP contribution in [0.25, 0.3) is 16.9 Å². The third-order valence-electron chi connectivity index (χ3n) is 6.29. The van der Waals surface area contributed by atoms with E-state index in [0.29, 0.717) is 27.5 Å². The van der Waals surface area contributed by atoms with E-state index in [1.165, 1.54) is 20.3 Å². The largest absolute Gasteiger partial charge is 0.493 e. The summed E-state index contributed by atoms with van der Waals surface area (Å²) in [5.41, 5.74) is -0.653. The van der Waals surface area contributed by atoms with E-state index in [1.807, 2.05) is 13.8 Å². The number of amides is 1. The summed E-state index contributed by atoms with van der Waals surface area (Å²) in [4.78, 5) is 19.4. The zero-order valence-electron chi connectivity index (χ0n) is 19.7. The monoisotopic (exact) mass is 476 g/mol. The number of halogens is 3. The fourth-order valence-electron chi connectivity index (χ4n) is 4.88. The molecule has 4 rings (SSSR count). The van der Waals surface area contributed by atoms with Gasteiger partial charge in [0.1, 0.15) is 0 Å². The second-order valence-electron chi connectivity index (χ2n) is 8.88. The van der Waals surface area contributed by atoms with Crippen LogP contribution < -0.4 is 9.47 Å². The first-order chi connectivity index (χ1) is 16.0. The van der Waals surface area contributed by atoms with E-state index in [2.05, 4.69) is 17.0 Å². The smallest absolute Gasteiger partial charge is 0.433 e. The first-order valence-corrected chi connectivity index (χ1v) is 11.1. The SMILES string of the molecule is COc1ccc(-c2cc(C(F)(F)F)n3nc(C(=O)N4C(C)CC(C)CC4C)cc3n2)cc1OC. The van der Waals surface area contributed by atoms with Gasteiger partial charge in [0.15, 0.2) is 28.5 Å². The molecule has 7 nitrogen and oxygen atoms in total. The molecule has 0 saturated carbocycles. The number of benzene rings is 1. The molecule has 0 spiro atoms. The number of rotatable bonds is 4. The van der Waals surface area contributed by atoms with E-state index in [9.17, 15) is 18.0 Å². The molecule has 0 bridgehead atoms. The van der Waals surface area contributed by atoms with Crippen molar-refractivity contribution in [1.29, 1.82) is 0 Å². The van der Waals surface area contributed by atoms with Gasteiger partial charge in [-0.05, 0) is 56.9 Å². The van der Waals surface area contributed by atoms with Crippen molar-refractivity contribution in [3.05, 3.63) is 41.7 Å². The van der Waals surface area contributed by atoms with Gasteiger partial charge in [-0.25, -0.2) is 9.50 Å². The molecule has 1 saturated heterocycles. The van der Waals surface area contributed by atoms with E-state index in [4.69, 9.17) is 9.47 Å². The summed E-state index contributed by atoms with van der Waals surface area (Å²) in [6.45, 7) is 6.04. The van der Waals surface area contributed by atoms with Crippen molar-refractivity contribution in [3.63, 3.8) is 0 Å². The second kappa shape index (κ2) is 8.81. The van der Waals surface area contributed by atoms with Crippen LogP contribution in [0.5, 0.6) is 11.5 Å². The molecule has 2 aromatic heterocycles. The van der Waals surface area contributed by atoms with Crippen LogP contribution in [0, 0.1) is 5.92 Å². The van der Waals surface area contributed by atoms with Crippen molar-refractivity contribution in [2.75, 3.05) is 14.2 Å². The Labute approximate surface area is 195 Å². The van der Waals surface area contributed by atoms with Crippen LogP contribution in [0.4, 0.5) is 13.2 Å². The van der Waals surface area contributed by atoms with Gasteiger partial charge in [-0.3, -0.25) is 4.79 Å². The number of piperidine rings is 1. The molecular weight excluding hydrogens is 449 g/mol. The van der Waals surface area contributed by atoms with E-state index >= 15 is 0 Å². The van der Waals surface area contributed by atoms with Gasteiger partial charge in [-0.1, -0.05) is 6.92 Å². The molecule has 3 heterocycles. The number of aromatic nitrogens is 3. The van der Waals surface area contributed by atoms with Crippen molar-refractivity contribution in [1.82, 2.24) is 19.5 Å². The highest BCUT2D eigenvalue weighted by molar-refractivity contribution is 5.94. The Hall–Kier alpha value is -3.30. The Kier molecular flexibility index (Phi) is 6.18. The first-order valence-electron chi connectivity index (χ1n) is 11.1. The fraction of sp³-hybridized carbons (Fsp3) is 0.458.